The lowest BCUT2D eigenvalue weighted by Gasteiger charge is -2.06. The number of rotatable bonds is 6. The molecule has 2 aromatic rings. The van der Waals surface area contributed by atoms with E-state index >= 15 is 0 Å². The lowest BCUT2D eigenvalue weighted by molar-refractivity contribution is -0.385. The molecule has 0 unspecified atom stereocenters. The standard InChI is InChI=1S/C16H15NO5/c1-3-22-13-7-4-11(5-8-13)16(18)12-6-9-15(21-2)14(10-12)17(19)20/h4-10H,3H2,1-2H3. The van der Waals surface area contributed by atoms with Gasteiger partial charge < -0.3 is 9.47 Å². The minimum atomic E-state index is -0.576. The number of carbonyl (C=O) groups excluding carboxylic acids is 1. The Morgan fingerprint density at radius 3 is 2.32 bits per heavy atom. The molecule has 0 aliphatic carbocycles. The van der Waals surface area contributed by atoms with E-state index in [0.717, 1.165) is 0 Å². The molecule has 114 valence electrons. The molecule has 0 N–H and O–H groups in total. The van der Waals surface area contributed by atoms with Gasteiger partial charge in [0.1, 0.15) is 5.75 Å². The molecule has 0 saturated heterocycles. The van der Waals surface area contributed by atoms with Crippen molar-refractivity contribution in [3.05, 3.63) is 63.7 Å². The van der Waals surface area contributed by atoms with Crippen LogP contribution in [0.5, 0.6) is 11.5 Å². The van der Waals surface area contributed by atoms with Crippen LogP contribution in [0.1, 0.15) is 22.8 Å². The predicted octanol–water partition coefficient (Wildman–Crippen LogP) is 3.23. The molecule has 0 aliphatic heterocycles. The number of hydrogen-bond acceptors (Lipinski definition) is 5. The van der Waals surface area contributed by atoms with Crippen molar-refractivity contribution in [1.82, 2.24) is 0 Å². The van der Waals surface area contributed by atoms with Crippen molar-refractivity contribution in [2.45, 2.75) is 6.92 Å². The molecule has 0 spiro atoms. The maximum atomic E-state index is 12.4. The second-order valence-electron chi connectivity index (χ2n) is 4.43. The Labute approximate surface area is 127 Å². The minimum absolute atomic E-state index is 0.119. The molecular formula is C16H15NO5. The Kier molecular flexibility index (Phi) is 4.73. The molecule has 0 fully saturated rings. The van der Waals surface area contributed by atoms with Crippen molar-refractivity contribution in [3.63, 3.8) is 0 Å². The number of ketones is 1. The van der Waals surface area contributed by atoms with Gasteiger partial charge in [-0.3, -0.25) is 14.9 Å². The zero-order chi connectivity index (χ0) is 16.1. The maximum absolute atomic E-state index is 12.4. The van der Waals surface area contributed by atoms with Gasteiger partial charge in [0.05, 0.1) is 18.6 Å². The average molecular weight is 301 g/mol. The van der Waals surface area contributed by atoms with Crippen LogP contribution in [0.4, 0.5) is 5.69 Å². The fraction of sp³-hybridized carbons (Fsp3) is 0.188. The molecule has 0 amide bonds. The number of ether oxygens (including phenoxy) is 2. The van der Waals surface area contributed by atoms with Crippen molar-refractivity contribution in [1.29, 1.82) is 0 Å². The summed E-state index contributed by atoms with van der Waals surface area (Å²) in [6.07, 6.45) is 0. The topological polar surface area (TPSA) is 78.7 Å². The van der Waals surface area contributed by atoms with E-state index in [0.29, 0.717) is 17.9 Å². The van der Waals surface area contributed by atoms with Crippen LogP contribution in [0.3, 0.4) is 0 Å². The highest BCUT2D eigenvalue weighted by molar-refractivity contribution is 6.09. The van der Waals surface area contributed by atoms with Crippen LogP contribution < -0.4 is 9.47 Å². The molecule has 0 radical (unpaired) electrons. The summed E-state index contributed by atoms with van der Waals surface area (Å²) in [7, 11) is 1.34. The maximum Gasteiger partial charge on any atom is 0.311 e. The summed E-state index contributed by atoms with van der Waals surface area (Å²) >= 11 is 0. The largest absolute Gasteiger partial charge is 0.494 e. The Hall–Kier alpha value is -2.89. The van der Waals surface area contributed by atoms with Crippen molar-refractivity contribution in [2.24, 2.45) is 0 Å². The fourth-order valence-corrected chi connectivity index (χ4v) is 2.01. The van der Waals surface area contributed by atoms with Crippen LogP contribution in [-0.2, 0) is 0 Å². The molecule has 22 heavy (non-hydrogen) atoms. The van der Waals surface area contributed by atoms with Crippen molar-refractivity contribution in [2.75, 3.05) is 13.7 Å². The Morgan fingerprint density at radius 2 is 1.77 bits per heavy atom. The monoisotopic (exact) mass is 301 g/mol. The molecule has 0 bridgehead atoms. The minimum Gasteiger partial charge on any atom is -0.494 e. The van der Waals surface area contributed by atoms with E-state index in [9.17, 15) is 14.9 Å². The van der Waals surface area contributed by atoms with Gasteiger partial charge in [-0.15, -0.1) is 0 Å². The van der Waals surface area contributed by atoms with E-state index in [1.165, 1.54) is 25.3 Å². The normalized spacial score (nSPS) is 10.1. The number of carbonyl (C=O) groups is 1. The molecule has 0 saturated carbocycles. The van der Waals surface area contributed by atoms with E-state index in [4.69, 9.17) is 9.47 Å². The SMILES string of the molecule is CCOc1ccc(C(=O)c2ccc(OC)c([N+](=O)[O-])c2)cc1. The van der Waals surface area contributed by atoms with Gasteiger partial charge >= 0.3 is 5.69 Å². The van der Waals surface area contributed by atoms with Gasteiger partial charge in [0.15, 0.2) is 11.5 Å². The van der Waals surface area contributed by atoms with Gasteiger partial charge in [-0.25, -0.2) is 0 Å². The molecule has 6 heteroatoms. The van der Waals surface area contributed by atoms with E-state index in [1.807, 2.05) is 6.92 Å². The number of nitro benzene ring substituents is 1. The smallest absolute Gasteiger partial charge is 0.311 e. The second-order valence-corrected chi connectivity index (χ2v) is 4.43. The molecule has 0 heterocycles. The third-order valence-electron chi connectivity index (χ3n) is 3.07. The third-order valence-corrected chi connectivity index (χ3v) is 3.07. The molecule has 0 aromatic heterocycles. The predicted molar refractivity (Wildman–Crippen MR) is 80.7 cm³/mol. The zero-order valence-electron chi connectivity index (χ0n) is 12.2. The van der Waals surface area contributed by atoms with Crippen molar-refractivity contribution in [3.8, 4) is 11.5 Å². The van der Waals surface area contributed by atoms with Gasteiger partial charge in [0, 0.05) is 17.2 Å². The van der Waals surface area contributed by atoms with Gasteiger partial charge in [-0.2, -0.15) is 0 Å². The summed E-state index contributed by atoms with van der Waals surface area (Å²) in [6, 6.07) is 10.8. The first-order valence-electron chi connectivity index (χ1n) is 6.66. The Morgan fingerprint density at radius 1 is 1.14 bits per heavy atom. The first-order valence-corrected chi connectivity index (χ1v) is 6.66. The summed E-state index contributed by atoms with van der Waals surface area (Å²) in [5.41, 5.74) is 0.430. The van der Waals surface area contributed by atoms with E-state index in [2.05, 4.69) is 0 Å². The van der Waals surface area contributed by atoms with E-state index in [1.54, 1.807) is 24.3 Å². The zero-order valence-corrected chi connectivity index (χ0v) is 12.2. The molecule has 0 atom stereocenters. The lowest BCUT2D eigenvalue weighted by Crippen LogP contribution is -2.03. The summed E-state index contributed by atoms with van der Waals surface area (Å²) in [5.74, 6) is 0.488. The average Bonchev–Trinajstić information content (AvgIpc) is 2.54. The van der Waals surface area contributed by atoms with Crippen LogP contribution in [-0.4, -0.2) is 24.4 Å². The summed E-state index contributed by atoms with van der Waals surface area (Å²) in [5, 5.41) is 11.0. The summed E-state index contributed by atoms with van der Waals surface area (Å²) in [6.45, 7) is 2.41. The van der Waals surface area contributed by atoms with Crippen molar-refractivity contribution < 1.29 is 19.2 Å². The molecular weight excluding hydrogens is 286 g/mol. The Bertz CT molecular complexity index is 694. The van der Waals surface area contributed by atoms with Crippen LogP contribution in [0.25, 0.3) is 0 Å². The second kappa shape index (κ2) is 6.71. The molecule has 2 rings (SSSR count). The van der Waals surface area contributed by atoms with Crippen molar-refractivity contribution >= 4 is 11.5 Å². The number of nitrogens with zero attached hydrogens (tertiary/aromatic N) is 1. The Balaban J connectivity index is 2.32. The molecule has 6 nitrogen and oxygen atoms in total. The first kappa shape index (κ1) is 15.5. The fourth-order valence-electron chi connectivity index (χ4n) is 2.01. The molecule has 0 aliphatic rings. The summed E-state index contributed by atoms with van der Waals surface area (Å²) in [4.78, 5) is 22.8. The molecule has 2 aromatic carbocycles. The highest BCUT2D eigenvalue weighted by Gasteiger charge is 2.19. The van der Waals surface area contributed by atoms with Gasteiger partial charge in [-0.05, 0) is 43.3 Å². The van der Waals surface area contributed by atoms with Crippen LogP contribution in [0.15, 0.2) is 42.5 Å². The lowest BCUT2D eigenvalue weighted by atomic mass is 10.0. The van der Waals surface area contributed by atoms with E-state index in [-0.39, 0.29) is 22.8 Å². The highest BCUT2D eigenvalue weighted by atomic mass is 16.6. The number of nitro groups is 1. The summed E-state index contributed by atoms with van der Waals surface area (Å²) < 4.78 is 10.2. The van der Waals surface area contributed by atoms with Crippen LogP contribution in [0, 0.1) is 10.1 Å². The van der Waals surface area contributed by atoms with Crippen LogP contribution in [0.2, 0.25) is 0 Å². The van der Waals surface area contributed by atoms with Gasteiger partial charge in [0.25, 0.3) is 0 Å². The number of benzene rings is 2. The first-order chi connectivity index (χ1) is 10.6. The van der Waals surface area contributed by atoms with E-state index < -0.39 is 4.92 Å². The van der Waals surface area contributed by atoms with Gasteiger partial charge in [0.2, 0.25) is 0 Å². The van der Waals surface area contributed by atoms with Crippen LogP contribution >= 0.6 is 0 Å². The quantitative estimate of drug-likeness (QED) is 0.465. The number of hydrogen-bond donors (Lipinski definition) is 0. The highest BCUT2D eigenvalue weighted by Crippen LogP contribution is 2.28. The third kappa shape index (κ3) is 3.22. The van der Waals surface area contributed by atoms with Gasteiger partial charge in [-0.1, -0.05) is 0 Å². The number of methoxy groups -OCH3 is 1.